The van der Waals surface area contributed by atoms with Crippen LogP contribution in [-0.2, 0) is 79.8 Å². The first-order chi connectivity index (χ1) is 24.3. The minimum atomic E-state index is -0.562. The van der Waals surface area contributed by atoms with Gasteiger partial charge in [0.15, 0.2) is 0 Å². The van der Waals surface area contributed by atoms with E-state index >= 15 is 0 Å². The van der Waals surface area contributed by atoms with Crippen LogP contribution in [0.15, 0.2) is 36.7 Å². The molecule has 1 aliphatic rings. The SMILES string of the molecule is C#CCOCCOCCOCCOCCCCCCCn1c(CN(C)c2cnccc2C2(C=O)C[N-]C2)nc2cc(Cl)ccc21.CC(C)OO.[Y]. The summed E-state index contributed by atoms with van der Waals surface area (Å²) in [5.41, 5.74) is 3.30. The zero-order chi connectivity index (χ0) is 36.0. The molecule has 2 aromatic heterocycles. The second-order valence-corrected chi connectivity index (χ2v) is 12.8. The number of aryl methyl sites for hydroxylation is 1. The van der Waals surface area contributed by atoms with E-state index in [2.05, 4.69) is 30.6 Å². The third-order valence-corrected chi connectivity index (χ3v) is 8.35. The third kappa shape index (κ3) is 15.5. The van der Waals surface area contributed by atoms with Crippen LogP contribution in [0, 0.1) is 12.3 Å². The van der Waals surface area contributed by atoms with E-state index in [1.165, 1.54) is 0 Å². The van der Waals surface area contributed by atoms with Crippen LogP contribution in [0.3, 0.4) is 0 Å². The third-order valence-electron chi connectivity index (χ3n) is 8.11. The minimum absolute atomic E-state index is 0. The largest absolute Gasteiger partial charge is 0.660 e. The number of hydrogen-bond donors (Lipinski definition) is 1. The zero-order valence-corrected chi connectivity index (χ0v) is 33.9. The summed E-state index contributed by atoms with van der Waals surface area (Å²) >= 11 is 6.31. The summed E-state index contributed by atoms with van der Waals surface area (Å²) in [7, 11) is 2.02. The van der Waals surface area contributed by atoms with Crippen molar-refractivity contribution in [2.24, 2.45) is 0 Å². The van der Waals surface area contributed by atoms with Crippen molar-refractivity contribution in [2.75, 3.05) is 77.9 Å². The van der Waals surface area contributed by atoms with Gasteiger partial charge in [-0.25, -0.2) is 9.87 Å². The Kier molecular flexibility index (Phi) is 22.9. The molecule has 14 heteroatoms. The molecular formula is C37H53ClN5O7Y-. The van der Waals surface area contributed by atoms with Crippen LogP contribution in [0.2, 0.25) is 5.02 Å². The zero-order valence-electron chi connectivity index (χ0n) is 30.3. The second-order valence-electron chi connectivity index (χ2n) is 12.4. The number of ether oxygens (including phenoxy) is 4. The summed E-state index contributed by atoms with van der Waals surface area (Å²) < 4.78 is 24.1. The molecule has 0 amide bonds. The Hall–Kier alpha value is -2.02. The van der Waals surface area contributed by atoms with Crippen molar-refractivity contribution >= 4 is 34.6 Å². The summed E-state index contributed by atoms with van der Waals surface area (Å²) in [5, 5.41) is 12.6. The number of carbonyl (C=O) groups excluding carboxylic acids is 1. The Bertz CT molecular complexity index is 1450. The summed E-state index contributed by atoms with van der Waals surface area (Å²) in [6.45, 7) is 10.3. The molecule has 1 saturated heterocycles. The molecule has 0 aliphatic carbocycles. The molecule has 3 heterocycles. The molecule has 279 valence electrons. The van der Waals surface area contributed by atoms with Crippen molar-refractivity contribution < 1.29 is 66.6 Å². The maximum absolute atomic E-state index is 12.0. The van der Waals surface area contributed by atoms with Crippen molar-refractivity contribution in [3.8, 4) is 12.3 Å². The van der Waals surface area contributed by atoms with E-state index in [0.717, 1.165) is 79.7 Å². The number of pyridine rings is 1. The van der Waals surface area contributed by atoms with Crippen LogP contribution >= 0.6 is 11.6 Å². The predicted octanol–water partition coefficient (Wildman–Crippen LogP) is 6.08. The van der Waals surface area contributed by atoms with Crippen LogP contribution in [-0.4, -0.2) is 105 Å². The monoisotopic (exact) mass is 803 g/mol. The maximum Gasteiger partial charge on any atom is 0.129 e. The number of unbranched alkanes of at least 4 members (excludes halogenated alkanes) is 4. The van der Waals surface area contributed by atoms with Crippen LogP contribution in [0.5, 0.6) is 0 Å². The quantitative estimate of drug-likeness (QED) is 0.0374. The normalized spacial score (nSPS) is 13.2. The van der Waals surface area contributed by atoms with E-state index in [-0.39, 0.29) is 38.8 Å². The van der Waals surface area contributed by atoms with Crippen LogP contribution in [0.1, 0.15) is 57.3 Å². The molecule has 1 aromatic carbocycles. The fourth-order valence-electron chi connectivity index (χ4n) is 5.39. The number of carbonyl (C=O) groups is 1. The number of aldehydes is 1. The number of halogens is 1. The van der Waals surface area contributed by atoms with E-state index in [9.17, 15) is 4.79 Å². The van der Waals surface area contributed by atoms with Gasteiger partial charge in [0.2, 0.25) is 0 Å². The summed E-state index contributed by atoms with van der Waals surface area (Å²) in [4.78, 5) is 27.2. The number of aromatic nitrogens is 3. The molecule has 0 unspecified atom stereocenters. The Balaban J connectivity index is 0.00000140. The second kappa shape index (κ2) is 25.9. The van der Waals surface area contributed by atoms with Crippen molar-refractivity contribution in [1.82, 2.24) is 14.5 Å². The first-order valence-corrected chi connectivity index (χ1v) is 17.7. The Morgan fingerprint density at radius 2 is 1.65 bits per heavy atom. The van der Waals surface area contributed by atoms with Gasteiger partial charge in [0.05, 0.1) is 75.2 Å². The van der Waals surface area contributed by atoms with Gasteiger partial charge < -0.3 is 38.5 Å². The number of hydrogen-bond acceptors (Lipinski definition) is 10. The average molecular weight is 804 g/mol. The van der Waals surface area contributed by atoms with Gasteiger partial charge in [-0.15, -0.1) is 19.5 Å². The fraction of sp³-hybridized carbons (Fsp3) is 0.595. The van der Waals surface area contributed by atoms with Gasteiger partial charge in [-0.1, -0.05) is 36.8 Å². The Morgan fingerprint density at radius 3 is 2.25 bits per heavy atom. The predicted molar refractivity (Wildman–Crippen MR) is 196 cm³/mol. The molecular weight excluding hydrogens is 751 g/mol. The topological polar surface area (TPSA) is 132 Å². The molecule has 3 aromatic rings. The van der Waals surface area contributed by atoms with Crippen molar-refractivity contribution in [3.05, 3.63) is 58.4 Å². The molecule has 51 heavy (non-hydrogen) atoms. The molecule has 0 atom stereocenters. The number of anilines is 1. The smallest absolute Gasteiger partial charge is 0.129 e. The van der Waals surface area contributed by atoms with E-state index in [1.54, 1.807) is 20.0 Å². The van der Waals surface area contributed by atoms with Crippen LogP contribution < -0.4 is 4.90 Å². The van der Waals surface area contributed by atoms with Crippen LogP contribution in [0.4, 0.5) is 5.69 Å². The molecule has 0 spiro atoms. The number of terminal acetylenes is 1. The standard InChI is InChI=1S/C34H45ClN5O5.C3H8O2.Y/c1-3-14-42-16-18-44-20-21-45-19-17-43-15-8-6-4-5-7-13-40-31-10-9-28(35)22-30(31)38-33(40)24-39(2)32-23-36-12-11-29(32)34(27-41)25-37-26-34;1-3(2)5-4;/h1,9-12,22-23,27H,4-8,13-21,24-26H2,2H3;3-4H,1-2H3;/q-1;;. The minimum Gasteiger partial charge on any atom is -0.660 e. The first kappa shape index (κ1) is 45.1. The van der Waals surface area contributed by atoms with Crippen molar-refractivity contribution in [1.29, 1.82) is 0 Å². The number of rotatable bonds is 24. The van der Waals surface area contributed by atoms with Gasteiger partial charge in [0.1, 0.15) is 18.7 Å². The molecule has 1 N–H and O–H groups in total. The van der Waals surface area contributed by atoms with E-state index in [4.69, 9.17) is 47.2 Å². The molecule has 12 nitrogen and oxygen atoms in total. The summed E-state index contributed by atoms with van der Waals surface area (Å²) in [6, 6.07) is 7.83. The molecule has 1 radical (unpaired) electrons. The van der Waals surface area contributed by atoms with E-state index < -0.39 is 5.41 Å². The van der Waals surface area contributed by atoms with Crippen LogP contribution in [0.25, 0.3) is 16.4 Å². The van der Waals surface area contributed by atoms with Gasteiger partial charge in [-0.05, 0) is 56.5 Å². The van der Waals surface area contributed by atoms with Crippen molar-refractivity contribution in [2.45, 2.75) is 70.6 Å². The van der Waals surface area contributed by atoms with Crippen molar-refractivity contribution in [3.63, 3.8) is 0 Å². The Labute approximate surface area is 333 Å². The average Bonchev–Trinajstić information content (AvgIpc) is 3.43. The molecule has 0 saturated carbocycles. The van der Waals surface area contributed by atoms with Gasteiger partial charge in [-0.3, -0.25) is 10.2 Å². The van der Waals surface area contributed by atoms with E-state index in [1.807, 2.05) is 37.5 Å². The number of imidazole rings is 1. The number of fused-ring (bicyclic) bond motifs is 1. The van der Waals surface area contributed by atoms with E-state index in [0.29, 0.717) is 70.9 Å². The molecule has 1 fully saturated rings. The Morgan fingerprint density at radius 1 is 1.02 bits per heavy atom. The number of nitrogens with zero attached hydrogens (tertiary/aromatic N) is 5. The first-order valence-electron chi connectivity index (χ1n) is 17.3. The van der Waals surface area contributed by atoms with Gasteiger partial charge in [-0.2, -0.15) is 0 Å². The van der Waals surface area contributed by atoms with Gasteiger partial charge in [0, 0.05) is 69.5 Å². The molecule has 0 bridgehead atoms. The van der Waals surface area contributed by atoms with Gasteiger partial charge in [0.25, 0.3) is 0 Å². The fourth-order valence-corrected chi connectivity index (χ4v) is 5.55. The summed E-state index contributed by atoms with van der Waals surface area (Å²) in [5.74, 6) is 3.37. The molecule has 4 rings (SSSR count). The molecule has 1 aliphatic heterocycles. The van der Waals surface area contributed by atoms with Gasteiger partial charge >= 0.3 is 0 Å². The summed E-state index contributed by atoms with van der Waals surface area (Å²) in [6.07, 6.45) is 15.1. The number of benzene rings is 1. The maximum atomic E-state index is 12.0.